The van der Waals surface area contributed by atoms with E-state index in [1.807, 2.05) is 38.1 Å². The smallest absolute Gasteiger partial charge is 0.411 e. The van der Waals surface area contributed by atoms with Gasteiger partial charge in [0.05, 0.1) is 6.61 Å². The van der Waals surface area contributed by atoms with E-state index >= 15 is 0 Å². The minimum absolute atomic E-state index is 0.312. The van der Waals surface area contributed by atoms with Gasteiger partial charge < -0.3 is 10.1 Å². The number of ether oxygens (including phenoxy) is 1. The largest absolute Gasteiger partial charge is 0.449 e. The Hall–Kier alpha value is -1.55. The van der Waals surface area contributed by atoms with Gasteiger partial charge in [-0.1, -0.05) is 32.9 Å². The summed E-state index contributed by atoms with van der Waals surface area (Å²) in [7, 11) is 0. The SMILES string of the molecule is CCNC(C)c1ccc(NC(=O)OCC(C)C)cc1. The Bertz CT molecular complexity index is 388. The summed E-state index contributed by atoms with van der Waals surface area (Å²) in [6.45, 7) is 9.57. The van der Waals surface area contributed by atoms with Crippen molar-refractivity contribution in [3.05, 3.63) is 29.8 Å². The monoisotopic (exact) mass is 264 g/mol. The van der Waals surface area contributed by atoms with Gasteiger partial charge in [-0.25, -0.2) is 4.79 Å². The molecule has 0 aliphatic carbocycles. The van der Waals surface area contributed by atoms with Crippen molar-refractivity contribution in [2.24, 2.45) is 5.92 Å². The molecule has 106 valence electrons. The van der Waals surface area contributed by atoms with Crippen LogP contribution in [0.4, 0.5) is 10.5 Å². The quantitative estimate of drug-likeness (QED) is 0.826. The molecule has 0 saturated carbocycles. The van der Waals surface area contributed by atoms with Gasteiger partial charge in [-0.2, -0.15) is 0 Å². The maximum atomic E-state index is 11.5. The predicted molar refractivity (Wildman–Crippen MR) is 78.3 cm³/mol. The van der Waals surface area contributed by atoms with Crippen LogP contribution in [0.1, 0.15) is 39.3 Å². The highest BCUT2D eigenvalue weighted by Crippen LogP contribution is 2.16. The molecule has 0 aromatic heterocycles. The summed E-state index contributed by atoms with van der Waals surface area (Å²) >= 11 is 0. The molecule has 1 amide bonds. The van der Waals surface area contributed by atoms with E-state index in [9.17, 15) is 4.79 Å². The van der Waals surface area contributed by atoms with E-state index in [1.165, 1.54) is 5.56 Å². The van der Waals surface area contributed by atoms with Gasteiger partial charge in [0.15, 0.2) is 0 Å². The second-order valence-electron chi connectivity index (χ2n) is 5.02. The third-order valence-corrected chi connectivity index (χ3v) is 2.72. The summed E-state index contributed by atoms with van der Waals surface area (Å²) in [5.41, 5.74) is 1.95. The first-order valence-corrected chi connectivity index (χ1v) is 6.80. The molecular weight excluding hydrogens is 240 g/mol. The van der Waals surface area contributed by atoms with Crippen molar-refractivity contribution in [3.8, 4) is 0 Å². The molecule has 1 atom stereocenters. The molecule has 0 saturated heterocycles. The summed E-state index contributed by atoms with van der Waals surface area (Å²) in [5.74, 6) is 0.342. The predicted octanol–water partition coefficient (Wildman–Crippen LogP) is 3.56. The zero-order chi connectivity index (χ0) is 14.3. The van der Waals surface area contributed by atoms with Crippen LogP contribution in [0.25, 0.3) is 0 Å². The molecule has 0 aliphatic rings. The van der Waals surface area contributed by atoms with E-state index in [0.717, 1.165) is 12.2 Å². The number of hydrogen-bond donors (Lipinski definition) is 2. The maximum Gasteiger partial charge on any atom is 0.411 e. The molecule has 0 spiro atoms. The van der Waals surface area contributed by atoms with Crippen molar-refractivity contribution in [2.75, 3.05) is 18.5 Å². The summed E-state index contributed by atoms with van der Waals surface area (Å²) in [4.78, 5) is 11.5. The molecule has 4 heteroatoms. The van der Waals surface area contributed by atoms with Crippen LogP contribution in [0, 0.1) is 5.92 Å². The van der Waals surface area contributed by atoms with Crippen molar-refractivity contribution in [3.63, 3.8) is 0 Å². The van der Waals surface area contributed by atoms with Gasteiger partial charge in [0.1, 0.15) is 0 Å². The highest BCUT2D eigenvalue weighted by atomic mass is 16.5. The molecule has 0 fully saturated rings. The number of benzene rings is 1. The van der Waals surface area contributed by atoms with Gasteiger partial charge in [0.25, 0.3) is 0 Å². The van der Waals surface area contributed by atoms with Gasteiger partial charge in [-0.15, -0.1) is 0 Å². The van der Waals surface area contributed by atoms with E-state index in [4.69, 9.17) is 4.74 Å². The van der Waals surface area contributed by atoms with E-state index in [0.29, 0.717) is 18.6 Å². The molecule has 0 radical (unpaired) electrons. The Balaban J connectivity index is 2.50. The average molecular weight is 264 g/mol. The van der Waals surface area contributed by atoms with Gasteiger partial charge in [-0.3, -0.25) is 5.32 Å². The lowest BCUT2D eigenvalue weighted by Crippen LogP contribution is -2.18. The molecule has 1 aromatic carbocycles. The Labute approximate surface area is 115 Å². The lowest BCUT2D eigenvalue weighted by Gasteiger charge is -2.13. The number of hydrogen-bond acceptors (Lipinski definition) is 3. The number of amides is 1. The van der Waals surface area contributed by atoms with Crippen LogP contribution in [0.5, 0.6) is 0 Å². The Morgan fingerprint density at radius 2 is 1.84 bits per heavy atom. The normalized spacial score (nSPS) is 12.3. The standard InChI is InChI=1S/C15H24N2O2/c1-5-16-12(4)13-6-8-14(9-7-13)17-15(18)19-10-11(2)3/h6-9,11-12,16H,5,10H2,1-4H3,(H,17,18). The third kappa shape index (κ3) is 5.75. The van der Waals surface area contributed by atoms with Crippen LogP contribution in [-0.4, -0.2) is 19.2 Å². The van der Waals surface area contributed by atoms with Crippen LogP contribution in [0.15, 0.2) is 24.3 Å². The number of nitrogens with one attached hydrogen (secondary N) is 2. The van der Waals surface area contributed by atoms with Gasteiger partial charge in [0, 0.05) is 11.7 Å². The van der Waals surface area contributed by atoms with Crippen molar-refractivity contribution < 1.29 is 9.53 Å². The highest BCUT2D eigenvalue weighted by Gasteiger charge is 2.06. The Morgan fingerprint density at radius 1 is 1.21 bits per heavy atom. The Morgan fingerprint density at radius 3 is 2.37 bits per heavy atom. The van der Waals surface area contributed by atoms with Gasteiger partial charge in [0.2, 0.25) is 0 Å². The van der Waals surface area contributed by atoms with E-state index in [2.05, 4.69) is 24.5 Å². The first kappa shape index (κ1) is 15.5. The van der Waals surface area contributed by atoms with Gasteiger partial charge >= 0.3 is 6.09 Å². The first-order valence-electron chi connectivity index (χ1n) is 6.80. The van der Waals surface area contributed by atoms with Crippen LogP contribution in [0.3, 0.4) is 0 Å². The Kier molecular flexibility index (Phi) is 6.36. The molecular formula is C15H24N2O2. The lowest BCUT2D eigenvalue weighted by atomic mass is 10.1. The van der Waals surface area contributed by atoms with E-state index in [1.54, 1.807) is 0 Å². The third-order valence-electron chi connectivity index (χ3n) is 2.72. The molecule has 4 nitrogen and oxygen atoms in total. The first-order chi connectivity index (χ1) is 9.02. The summed E-state index contributed by atoms with van der Waals surface area (Å²) in [6.07, 6.45) is -0.402. The molecule has 1 rings (SSSR count). The van der Waals surface area contributed by atoms with Crippen LogP contribution in [-0.2, 0) is 4.74 Å². The number of carbonyl (C=O) groups excluding carboxylic acids is 1. The van der Waals surface area contributed by atoms with E-state index < -0.39 is 6.09 Å². The zero-order valence-corrected chi connectivity index (χ0v) is 12.2. The summed E-state index contributed by atoms with van der Waals surface area (Å²) < 4.78 is 5.06. The minimum Gasteiger partial charge on any atom is -0.449 e. The number of carbonyl (C=O) groups is 1. The summed E-state index contributed by atoms with van der Waals surface area (Å²) in [6, 6.07) is 8.10. The molecule has 1 unspecified atom stereocenters. The second-order valence-corrected chi connectivity index (χ2v) is 5.02. The molecule has 0 bridgehead atoms. The molecule has 1 aromatic rings. The zero-order valence-electron chi connectivity index (χ0n) is 12.2. The topological polar surface area (TPSA) is 50.4 Å². The highest BCUT2D eigenvalue weighted by molar-refractivity contribution is 5.84. The van der Waals surface area contributed by atoms with Crippen LogP contribution < -0.4 is 10.6 Å². The molecule has 0 heterocycles. The molecule has 0 aliphatic heterocycles. The van der Waals surface area contributed by atoms with Crippen molar-refractivity contribution >= 4 is 11.8 Å². The number of rotatable bonds is 6. The second kappa shape index (κ2) is 7.79. The minimum atomic E-state index is -0.402. The summed E-state index contributed by atoms with van der Waals surface area (Å²) in [5, 5.41) is 6.06. The van der Waals surface area contributed by atoms with Gasteiger partial charge in [-0.05, 0) is 37.1 Å². The van der Waals surface area contributed by atoms with Crippen molar-refractivity contribution in [1.29, 1.82) is 0 Å². The average Bonchev–Trinajstić information content (AvgIpc) is 2.37. The fourth-order valence-corrected chi connectivity index (χ4v) is 1.68. The van der Waals surface area contributed by atoms with Crippen LogP contribution in [0.2, 0.25) is 0 Å². The van der Waals surface area contributed by atoms with Crippen molar-refractivity contribution in [2.45, 2.75) is 33.7 Å². The van der Waals surface area contributed by atoms with Crippen LogP contribution >= 0.6 is 0 Å². The van der Waals surface area contributed by atoms with Crippen molar-refractivity contribution in [1.82, 2.24) is 5.32 Å². The fourth-order valence-electron chi connectivity index (χ4n) is 1.68. The fraction of sp³-hybridized carbons (Fsp3) is 0.533. The molecule has 19 heavy (non-hydrogen) atoms. The molecule has 2 N–H and O–H groups in total. The lowest BCUT2D eigenvalue weighted by molar-refractivity contribution is 0.147. The maximum absolute atomic E-state index is 11.5. The van der Waals surface area contributed by atoms with E-state index in [-0.39, 0.29) is 0 Å². The number of anilines is 1.